The molecule has 3 N–H and O–H groups in total. The molecule has 18 nitrogen and oxygen atoms in total. The highest BCUT2D eigenvalue weighted by Gasteiger charge is 2.40. The van der Waals surface area contributed by atoms with Gasteiger partial charge in [-0.3, -0.25) is 38.8 Å². The normalized spacial score (nSPS) is 20.3. The molecule has 386 valence electrons. The quantitative estimate of drug-likeness (QED) is 0.0901. The lowest BCUT2D eigenvalue weighted by Crippen LogP contribution is -2.58. The molecule has 5 aliphatic rings. The van der Waals surface area contributed by atoms with E-state index in [1.807, 2.05) is 37.3 Å². The highest BCUT2D eigenvalue weighted by atomic mass is 16.3. The standard InChI is InChI=1S/C57H62N12O6/c1-8-50(71)61-45-26-37(60-51-56(75)63(7)31-46(62-51)41-14-17-59-52(44(41)32-70)68-22-21-67-48(55(68)74)25-36-28-57(5,6)29-49(36)67)9-12-47(45)66-20-19-64(30-35(66)4)38-15-18-65(34(3)24-38)39-10-11-42-43(27-39)54(73)69(53(42)72)40-13-16-58-33(2)23-40/h8-14,16-17,23,25-27,31,34-35,38,70H,1,15,18-22,24,28-30,32H2,2-7H3,(H,60,62)(H,61,71)/t34-,35-,38?/m0/s1. The molecule has 3 atom stereocenters. The van der Waals surface area contributed by atoms with Gasteiger partial charge in [0.1, 0.15) is 11.5 Å². The third-order valence-corrected chi connectivity index (χ3v) is 15.8. The fraction of sp³-hybridized carbons (Fsp3) is 0.368. The molecule has 2 aromatic carbocycles. The van der Waals surface area contributed by atoms with E-state index in [2.05, 4.69) is 74.1 Å². The van der Waals surface area contributed by atoms with Gasteiger partial charge < -0.3 is 34.7 Å². The molecule has 0 spiro atoms. The number of nitrogens with zero attached hydrogens (tertiary/aromatic N) is 10. The highest BCUT2D eigenvalue weighted by molar-refractivity contribution is 6.34. The molecule has 6 aromatic rings. The zero-order valence-corrected chi connectivity index (χ0v) is 43.3. The van der Waals surface area contributed by atoms with Crippen molar-refractivity contribution in [3.63, 3.8) is 0 Å². The number of fused-ring (bicyclic) bond motifs is 4. The second kappa shape index (κ2) is 19.1. The fourth-order valence-corrected chi connectivity index (χ4v) is 12.2. The number of aryl methyl sites for hydroxylation is 2. The Hall–Kier alpha value is -7.96. The molecule has 18 heteroatoms. The van der Waals surface area contributed by atoms with Crippen molar-refractivity contribution in [3.8, 4) is 11.3 Å². The van der Waals surface area contributed by atoms with Crippen LogP contribution >= 0.6 is 0 Å². The summed E-state index contributed by atoms with van der Waals surface area (Å²) in [6, 6.07) is 18.9. The molecule has 0 saturated carbocycles. The van der Waals surface area contributed by atoms with Crippen LogP contribution in [0.15, 0.2) is 96.7 Å². The number of hydrogen-bond donors (Lipinski definition) is 3. The number of nitrogens with one attached hydrogen (secondary N) is 2. The van der Waals surface area contributed by atoms with E-state index >= 15 is 0 Å². The number of aliphatic hydroxyl groups excluding tert-OH is 1. The van der Waals surface area contributed by atoms with Crippen LogP contribution in [-0.4, -0.2) is 109 Å². The third kappa shape index (κ3) is 8.84. The summed E-state index contributed by atoms with van der Waals surface area (Å²) in [6.07, 6.45) is 9.71. The summed E-state index contributed by atoms with van der Waals surface area (Å²) in [6.45, 7) is 18.1. The van der Waals surface area contributed by atoms with Gasteiger partial charge in [0, 0.05) is 117 Å². The van der Waals surface area contributed by atoms with Crippen LogP contribution in [0.25, 0.3) is 11.3 Å². The summed E-state index contributed by atoms with van der Waals surface area (Å²) in [5.41, 5.74) is 9.03. The Morgan fingerprint density at radius 1 is 0.840 bits per heavy atom. The maximum absolute atomic E-state index is 14.1. The Labute approximate surface area is 435 Å². The number of carbonyl (C=O) groups excluding carboxylic acids is 4. The third-order valence-electron chi connectivity index (χ3n) is 15.8. The fourth-order valence-electron chi connectivity index (χ4n) is 12.2. The molecule has 8 heterocycles. The van der Waals surface area contributed by atoms with Crippen LogP contribution in [0.4, 0.5) is 40.1 Å². The highest BCUT2D eigenvalue weighted by Crippen LogP contribution is 2.41. The SMILES string of the molecule is C=CC(=O)Nc1cc(Nc2nc(-c3ccnc(N4CCn5c(cc6c5CC(C)(C)C6)C4=O)c3CO)cn(C)c2=O)ccc1N1CCN(C2CCN(c3ccc4c(c3)C(=O)N(c3ccnc(C)c3)C4=O)[C@@H](C)C2)C[C@@H]1C. The molecule has 4 aromatic heterocycles. The van der Waals surface area contributed by atoms with Gasteiger partial charge in [0.25, 0.3) is 23.3 Å². The van der Waals surface area contributed by atoms with Gasteiger partial charge in [0.05, 0.1) is 40.5 Å². The Kier molecular flexibility index (Phi) is 12.5. The lowest BCUT2D eigenvalue weighted by molar-refractivity contribution is -0.111. The Morgan fingerprint density at radius 2 is 1.64 bits per heavy atom. The van der Waals surface area contributed by atoms with Crippen LogP contribution in [0.3, 0.4) is 0 Å². The number of aromatic nitrogens is 5. The van der Waals surface area contributed by atoms with E-state index < -0.39 is 12.2 Å². The number of rotatable bonds is 11. The minimum absolute atomic E-state index is 0.0278. The molecule has 1 unspecified atom stereocenters. The molecule has 0 radical (unpaired) electrons. The number of hydrogen-bond acceptors (Lipinski definition) is 13. The van der Waals surface area contributed by atoms with Gasteiger partial charge in [0.15, 0.2) is 5.82 Å². The van der Waals surface area contributed by atoms with Gasteiger partial charge in [-0.15, -0.1) is 0 Å². The van der Waals surface area contributed by atoms with Crippen LogP contribution in [0, 0.1) is 12.3 Å². The summed E-state index contributed by atoms with van der Waals surface area (Å²) in [5.74, 6) is -0.827. The van der Waals surface area contributed by atoms with Crippen molar-refractivity contribution >= 4 is 63.7 Å². The van der Waals surface area contributed by atoms with E-state index in [0.29, 0.717) is 82.2 Å². The number of aliphatic hydroxyl groups is 1. The molecule has 2 fully saturated rings. The first kappa shape index (κ1) is 49.3. The summed E-state index contributed by atoms with van der Waals surface area (Å²) < 4.78 is 3.56. The predicted octanol–water partition coefficient (Wildman–Crippen LogP) is 6.86. The maximum Gasteiger partial charge on any atom is 0.293 e. The van der Waals surface area contributed by atoms with Crippen LogP contribution in [0.2, 0.25) is 0 Å². The lowest BCUT2D eigenvalue weighted by atomic mass is 9.90. The van der Waals surface area contributed by atoms with E-state index in [4.69, 9.17) is 4.98 Å². The van der Waals surface area contributed by atoms with Crippen molar-refractivity contribution in [2.45, 2.75) is 91.6 Å². The van der Waals surface area contributed by atoms with E-state index in [1.165, 1.54) is 26.8 Å². The lowest BCUT2D eigenvalue weighted by Gasteiger charge is -2.48. The van der Waals surface area contributed by atoms with Crippen molar-refractivity contribution < 1.29 is 24.3 Å². The molecule has 4 aliphatic heterocycles. The van der Waals surface area contributed by atoms with Crippen molar-refractivity contribution in [3.05, 3.63) is 142 Å². The number of amides is 4. The van der Waals surface area contributed by atoms with Crippen molar-refractivity contribution in [1.82, 2.24) is 29.0 Å². The smallest absolute Gasteiger partial charge is 0.293 e. The van der Waals surface area contributed by atoms with Gasteiger partial charge in [0.2, 0.25) is 5.91 Å². The minimum atomic E-state index is -0.418. The first-order valence-electron chi connectivity index (χ1n) is 25.8. The van der Waals surface area contributed by atoms with Crippen molar-refractivity contribution in [2.75, 3.05) is 63.0 Å². The van der Waals surface area contributed by atoms with Gasteiger partial charge in [-0.1, -0.05) is 20.4 Å². The largest absolute Gasteiger partial charge is 0.392 e. The topological polar surface area (TPSA) is 194 Å². The number of piperidine rings is 1. The number of anilines is 7. The van der Waals surface area contributed by atoms with E-state index in [-0.39, 0.29) is 46.9 Å². The molecule has 1 aliphatic carbocycles. The van der Waals surface area contributed by atoms with Crippen molar-refractivity contribution in [1.29, 1.82) is 0 Å². The Bertz CT molecular complexity index is 3420. The van der Waals surface area contributed by atoms with Crippen LogP contribution in [0.5, 0.6) is 0 Å². The number of carbonyl (C=O) groups is 4. The molecule has 2 saturated heterocycles. The van der Waals surface area contributed by atoms with E-state index in [1.54, 1.807) is 60.9 Å². The predicted molar refractivity (Wildman–Crippen MR) is 289 cm³/mol. The second-order valence-electron chi connectivity index (χ2n) is 21.5. The molecule has 4 amide bonds. The van der Waals surface area contributed by atoms with Gasteiger partial charge in [-0.05, 0) is 124 Å². The van der Waals surface area contributed by atoms with Crippen LogP contribution in [0.1, 0.15) is 94.3 Å². The number of benzene rings is 2. The molecule has 11 rings (SSSR count). The summed E-state index contributed by atoms with van der Waals surface area (Å²) in [5, 5.41) is 17.1. The number of piperazine rings is 1. The molecular weight excluding hydrogens is 949 g/mol. The molecule has 75 heavy (non-hydrogen) atoms. The van der Waals surface area contributed by atoms with Gasteiger partial charge >= 0.3 is 0 Å². The zero-order valence-electron chi connectivity index (χ0n) is 43.3. The van der Waals surface area contributed by atoms with Gasteiger partial charge in [-0.25, -0.2) is 14.9 Å². The Balaban J connectivity index is 0.781. The van der Waals surface area contributed by atoms with Crippen LogP contribution in [-0.2, 0) is 37.8 Å². The Morgan fingerprint density at radius 3 is 2.40 bits per heavy atom. The van der Waals surface area contributed by atoms with E-state index in [9.17, 15) is 29.1 Å². The monoisotopic (exact) mass is 1010 g/mol. The average molecular weight is 1010 g/mol. The summed E-state index contributed by atoms with van der Waals surface area (Å²) in [4.78, 5) is 91.5. The number of imide groups is 1. The average Bonchev–Trinajstić information content (AvgIpc) is 3.99. The van der Waals surface area contributed by atoms with Gasteiger partial charge in [-0.2, -0.15) is 0 Å². The second-order valence-corrected chi connectivity index (χ2v) is 21.5. The first-order chi connectivity index (χ1) is 36.0. The zero-order chi connectivity index (χ0) is 52.6. The minimum Gasteiger partial charge on any atom is -0.392 e. The van der Waals surface area contributed by atoms with Crippen molar-refractivity contribution in [2.24, 2.45) is 12.5 Å². The molecule has 0 bridgehead atoms. The first-order valence-corrected chi connectivity index (χ1v) is 25.8. The number of pyridine rings is 2. The van der Waals surface area contributed by atoms with Crippen LogP contribution < -0.4 is 35.8 Å². The maximum atomic E-state index is 14.1. The summed E-state index contributed by atoms with van der Waals surface area (Å²) >= 11 is 0. The molecular formula is C57H62N12O6. The van der Waals surface area contributed by atoms with E-state index in [0.717, 1.165) is 62.4 Å². The summed E-state index contributed by atoms with van der Waals surface area (Å²) in [7, 11) is 1.63.